The Bertz CT molecular complexity index is 787. The van der Waals surface area contributed by atoms with Crippen molar-refractivity contribution in [3.8, 4) is 0 Å². The summed E-state index contributed by atoms with van der Waals surface area (Å²) in [7, 11) is 0. The van der Waals surface area contributed by atoms with E-state index in [9.17, 15) is 9.59 Å². The van der Waals surface area contributed by atoms with Gasteiger partial charge in [-0.15, -0.1) is 0 Å². The van der Waals surface area contributed by atoms with E-state index < -0.39 is 0 Å². The number of hydrogen-bond donors (Lipinski definition) is 0. The standard InChI is InChI=1S/C24H28O2/c1-5-23(25)17(2)16-21-13-9-10-14-22(21)19(4)24(26)18(3)15-20-11-7-6-8-12-20/h6-15,17,19H,5,16H2,1-4H3/b18-15+. The molecule has 0 amide bonds. The second-order valence-corrected chi connectivity index (χ2v) is 6.95. The molecule has 0 heterocycles. The van der Waals surface area contributed by atoms with E-state index in [2.05, 4.69) is 0 Å². The summed E-state index contributed by atoms with van der Waals surface area (Å²) in [5.74, 6) is 0.134. The zero-order valence-electron chi connectivity index (χ0n) is 16.2. The number of rotatable bonds is 8. The quantitative estimate of drug-likeness (QED) is 0.580. The van der Waals surface area contributed by atoms with E-state index >= 15 is 0 Å². The molecule has 2 aromatic rings. The maximum atomic E-state index is 12.9. The first-order valence-electron chi connectivity index (χ1n) is 9.32. The van der Waals surface area contributed by atoms with Gasteiger partial charge in [-0.3, -0.25) is 9.59 Å². The van der Waals surface area contributed by atoms with Gasteiger partial charge in [0.05, 0.1) is 0 Å². The molecule has 0 radical (unpaired) electrons. The monoisotopic (exact) mass is 348 g/mol. The topological polar surface area (TPSA) is 34.1 Å². The van der Waals surface area contributed by atoms with E-state index in [0.29, 0.717) is 12.8 Å². The van der Waals surface area contributed by atoms with E-state index in [1.165, 1.54) is 0 Å². The molecule has 0 spiro atoms. The van der Waals surface area contributed by atoms with Gasteiger partial charge in [-0.05, 0) is 41.7 Å². The van der Waals surface area contributed by atoms with Gasteiger partial charge in [0, 0.05) is 18.3 Å². The molecule has 0 bridgehead atoms. The van der Waals surface area contributed by atoms with Gasteiger partial charge in [0.25, 0.3) is 0 Å². The van der Waals surface area contributed by atoms with Gasteiger partial charge in [0.1, 0.15) is 5.78 Å². The van der Waals surface area contributed by atoms with Crippen molar-refractivity contribution in [3.63, 3.8) is 0 Å². The van der Waals surface area contributed by atoms with Gasteiger partial charge in [-0.1, -0.05) is 75.4 Å². The largest absolute Gasteiger partial charge is 0.299 e. The van der Waals surface area contributed by atoms with Crippen LogP contribution in [0.5, 0.6) is 0 Å². The highest BCUT2D eigenvalue weighted by molar-refractivity contribution is 6.03. The molecule has 26 heavy (non-hydrogen) atoms. The van der Waals surface area contributed by atoms with E-state index in [4.69, 9.17) is 0 Å². The van der Waals surface area contributed by atoms with Gasteiger partial charge in [0.15, 0.2) is 5.78 Å². The Balaban J connectivity index is 2.23. The number of allylic oxidation sites excluding steroid dienone is 1. The van der Waals surface area contributed by atoms with Crippen LogP contribution in [-0.4, -0.2) is 11.6 Å². The average molecular weight is 348 g/mol. The van der Waals surface area contributed by atoms with Gasteiger partial charge in [-0.25, -0.2) is 0 Å². The molecule has 0 aromatic heterocycles. The minimum Gasteiger partial charge on any atom is -0.299 e. The van der Waals surface area contributed by atoms with E-state index in [0.717, 1.165) is 22.3 Å². The Hall–Kier alpha value is -2.48. The van der Waals surface area contributed by atoms with E-state index in [-0.39, 0.29) is 23.4 Å². The van der Waals surface area contributed by atoms with Gasteiger partial charge < -0.3 is 0 Å². The van der Waals surface area contributed by atoms with Crippen LogP contribution in [-0.2, 0) is 16.0 Å². The molecule has 136 valence electrons. The highest BCUT2D eigenvalue weighted by Gasteiger charge is 2.21. The van der Waals surface area contributed by atoms with Crippen molar-refractivity contribution in [2.24, 2.45) is 5.92 Å². The number of hydrogen-bond acceptors (Lipinski definition) is 2. The van der Waals surface area contributed by atoms with Gasteiger partial charge in [-0.2, -0.15) is 0 Å². The fourth-order valence-electron chi connectivity index (χ4n) is 3.29. The maximum Gasteiger partial charge on any atom is 0.165 e. The summed E-state index contributed by atoms with van der Waals surface area (Å²) in [6.45, 7) is 7.69. The van der Waals surface area contributed by atoms with Crippen LogP contribution in [0.15, 0.2) is 60.2 Å². The molecule has 2 aromatic carbocycles. The number of carbonyl (C=O) groups is 2. The molecular formula is C24H28O2. The molecule has 0 aliphatic heterocycles. The fraction of sp³-hybridized carbons (Fsp3) is 0.333. The van der Waals surface area contributed by atoms with Crippen LogP contribution in [0.4, 0.5) is 0 Å². The first-order chi connectivity index (χ1) is 12.4. The number of ketones is 2. The molecule has 2 rings (SSSR count). The predicted molar refractivity (Wildman–Crippen MR) is 108 cm³/mol. The van der Waals surface area contributed by atoms with Crippen molar-refractivity contribution >= 4 is 17.6 Å². The molecule has 2 atom stereocenters. The van der Waals surface area contributed by atoms with Gasteiger partial charge >= 0.3 is 0 Å². The minimum atomic E-state index is -0.227. The highest BCUT2D eigenvalue weighted by atomic mass is 16.1. The van der Waals surface area contributed by atoms with Crippen molar-refractivity contribution in [2.45, 2.75) is 46.5 Å². The molecule has 0 fully saturated rings. The lowest BCUT2D eigenvalue weighted by atomic mass is 9.85. The number of carbonyl (C=O) groups excluding carboxylic acids is 2. The number of Topliss-reactive ketones (excluding diaryl/α,β-unsaturated/α-hetero) is 2. The smallest absolute Gasteiger partial charge is 0.165 e. The van der Waals surface area contributed by atoms with Crippen LogP contribution < -0.4 is 0 Å². The minimum absolute atomic E-state index is 0.0237. The van der Waals surface area contributed by atoms with Crippen molar-refractivity contribution in [3.05, 3.63) is 76.9 Å². The first kappa shape index (κ1) is 19.8. The van der Waals surface area contributed by atoms with Crippen LogP contribution in [0.2, 0.25) is 0 Å². The van der Waals surface area contributed by atoms with Crippen molar-refractivity contribution in [1.82, 2.24) is 0 Å². The molecule has 0 saturated carbocycles. The van der Waals surface area contributed by atoms with Crippen LogP contribution in [0, 0.1) is 5.92 Å². The molecule has 0 aliphatic carbocycles. The maximum absolute atomic E-state index is 12.9. The Morgan fingerprint density at radius 2 is 1.58 bits per heavy atom. The third-order valence-electron chi connectivity index (χ3n) is 4.91. The molecular weight excluding hydrogens is 320 g/mol. The van der Waals surface area contributed by atoms with Crippen molar-refractivity contribution in [2.75, 3.05) is 0 Å². The molecule has 2 nitrogen and oxygen atoms in total. The Morgan fingerprint density at radius 3 is 2.23 bits per heavy atom. The first-order valence-corrected chi connectivity index (χ1v) is 9.32. The van der Waals surface area contributed by atoms with Crippen molar-refractivity contribution < 1.29 is 9.59 Å². The van der Waals surface area contributed by atoms with Crippen LogP contribution >= 0.6 is 0 Å². The number of benzene rings is 2. The summed E-state index contributed by atoms with van der Waals surface area (Å²) in [6.07, 6.45) is 3.17. The predicted octanol–water partition coefficient (Wildman–Crippen LogP) is 5.62. The second-order valence-electron chi connectivity index (χ2n) is 6.95. The summed E-state index contributed by atoms with van der Waals surface area (Å²) in [4.78, 5) is 24.9. The zero-order chi connectivity index (χ0) is 19.1. The summed E-state index contributed by atoms with van der Waals surface area (Å²) < 4.78 is 0. The molecule has 0 saturated heterocycles. The SMILES string of the molecule is CCC(=O)C(C)Cc1ccccc1C(C)C(=O)/C(C)=C/c1ccccc1. The summed E-state index contributed by atoms with van der Waals surface area (Å²) in [5, 5.41) is 0. The summed E-state index contributed by atoms with van der Waals surface area (Å²) >= 11 is 0. The Morgan fingerprint density at radius 1 is 0.962 bits per heavy atom. The molecule has 2 unspecified atom stereocenters. The van der Waals surface area contributed by atoms with Crippen LogP contribution in [0.25, 0.3) is 6.08 Å². The fourth-order valence-corrected chi connectivity index (χ4v) is 3.29. The second kappa shape index (κ2) is 9.28. The normalized spacial score (nSPS) is 13.9. The summed E-state index contributed by atoms with van der Waals surface area (Å²) in [5.41, 5.74) is 3.89. The Kier molecular flexibility index (Phi) is 7.08. The summed E-state index contributed by atoms with van der Waals surface area (Å²) in [6, 6.07) is 17.9. The molecule has 2 heteroatoms. The average Bonchev–Trinajstić information content (AvgIpc) is 2.67. The third kappa shape index (κ3) is 5.01. The third-order valence-corrected chi connectivity index (χ3v) is 4.91. The molecule has 0 N–H and O–H groups in total. The van der Waals surface area contributed by atoms with Crippen LogP contribution in [0.3, 0.4) is 0 Å². The van der Waals surface area contributed by atoms with Gasteiger partial charge in [0.2, 0.25) is 0 Å². The lowest BCUT2D eigenvalue weighted by Crippen LogP contribution is -2.16. The molecule has 0 aliphatic rings. The van der Waals surface area contributed by atoms with Crippen molar-refractivity contribution in [1.29, 1.82) is 0 Å². The lowest BCUT2D eigenvalue weighted by Gasteiger charge is -2.18. The van der Waals surface area contributed by atoms with E-state index in [1.807, 2.05) is 88.4 Å². The van der Waals surface area contributed by atoms with Crippen LogP contribution in [0.1, 0.15) is 56.7 Å². The highest BCUT2D eigenvalue weighted by Crippen LogP contribution is 2.26. The lowest BCUT2D eigenvalue weighted by molar-refractivity contribution is -0.122. The van der Waals surface area contributed by atoms with E-state index in [1.54, 1.807) is 0 Å². The zero-order valence-corrected chi connectivity index (χ0v) is 16.2. The Labute approximate surface area is 157 Å².